The average molecular weight is 492 g/mol. The number of hydrogen-bond donors (Lipinski definition) is 1. The van der Waals surface area contributed by atoms with Crippen molar-refractivity contribution in [1.29, 1.82) is 0 Å². The Morgan fingerprint density at radius 2 is 1.69 bits per heavy atom. The van der Waals surface area contributed by atoms with Crippen LogP contribution in [0.5, 0.6) is 17.2 Å². The SMILES string of the molecule is CCOC(=O)N(CC(OC)OC)CC(c1cccc(OC)c1)c1ccc(OCCCO)c(OC)c1. The summed E-state index contributed by atoms with van der Waals surface area (Å²) < 4.78 is 32.8. The quantitative estimate of drug-likeness (QED) is 0.298. The Bertz CT molecular complexity index is 903. The zero-order chi connectivity index (χ0) is 25.6. The van der Waals surface area contributed by atoms with E-state index in [9.17, 15) is 4.79 Å². The molecule has 35 heavy (non-hydrogen) atoms. The molecule has 0 aromatic heterocycles. The molecule has 0 bridgehead atoms. The highest BCUT2D eigenvalue weighted by Crippen LogP contribution is 2.35. The first kappa shape index (κ1) is 28.2. The average Bonchev–Trinajstić information content (AvgIpc) is 2.89. The molecular formula is C26H37NO8. The van der Waals surface area contributed by atoms with Gasteiger partial charge in [0.25, 0.3) is 0 Å². The molecule has 1 N–H and O–H groups in total. The molecule has 0 radical (unpaired) electrons. The zero-order valence-corrected chi connectivity index (χ0v) is 21.2. The summed E-state index contributed by atoms with van der Waals surface area (Å²) in [5.41, 5.74) is 1.85. The highest BCUT2D eigenvalue weighted by atomic mass is 16.7. The Morgan fingerprint density at radius 1 is 0.943 bits per heavy atom. The van der Waals surface area contributed by atoms with Gasteiger partial charge in [0.05, 0.1) is 34.0 Å². The van der Waals surface area contributed by atoms with E-state index in [2.05, 4.69) is 0 Å². The van der Waals surface area contributed by atoms with E-state index >= 15 is 0 Å². The molecule has 0 saturated carbocycles. The Hall–Kier alpha value is -3.01. The van der Waals surface area contributed by atoms with Crippen molar-refractivity contribution >= 4 is 6.09 Å². The van der Waals surface area contributed by atoms with Crippen LogP contribution in [0.15, 0.2) is 42.5 Å². The summed E-state index contributed by atoms with van der Waals surface area (Å²) in [5, 5.41) is 9.04. The lowest BCUT2D eigenvalue weighted by Crippen LogP contribution is -2.41. The van der Waals surface area contributed by atoms with Crippen LogP contribution in [0.25, 0.3) is 0 Å². The lowest BCUT2D eigenvalue weighted by atomic mass is 9.90. The maximum atomic E-state index is 12.9. The number of rotatable bonds is 15. The van der Waals surface area contributed by atoms with Crippen LogP contribution in [-0.2, 0) is 14.2 Å². The molecule has 2 rings (SSSR count). The molecule has 2 aromatic rings. The molecule has 9 heteroatoms. The normalized spacial score (nSPS) is 11.7. The molecule has 0 spiro atoms. The van der Waals surface area contributed by atoms with Crippen LogP contribution in [0.2, 0.25) is 0 Å². The standard InChI is InChI=1S/C26H37NO8/c1-6-34-26(29)27(18-25(32-4)33-5)17-22(19-9-7-10-21(15-19)30-2)20-11-12-23(24(16-20)31-3)35-14-8-13-28/h7,9-12,15-16,22,25,28H,6,8,13-14,17-18H2,1-5H3. The minimum Gasteiger partial charge on any atom is -0.497 e. The van der Waals surface area contributed by atoms with E-state index in [1.165, 1.54) is 14.2 Å². The van der Waals surface area contributed by atoms with E-state index < -0.39 is 12.4 Å². The maximum absolute atomic E-state index is 12.9. The number of aliphatic hydroxyl groups is 1. The van der Waals surface area contributed by atoms with Crippen molar-refractivity contribution in [3.8, 4) is 17.2 Å². The van der Waals surface area contributed by atoms with Crippen LogP contribution in [0.1, 0.15) is 30.4 Å². The molecule has 1 amide bonds. The Kier molecular flexibility index (Phi) is 12.2. The largest absolute Gasteiger partial charge is 0.497 e. The number of amides is 1. The third-order valence-corrected chi connectivity index (χ3v) is 5.47. The number of nitrogens with zero attached hydrogens (tertiary/aromatic N) is 1. The summed E-state index contributed by atoms with van der Waals surface area (Å²) >= 11 is 0. The molecule has 194 valence electrons. The minimum atomic E-state index is -0.609. The molecule has 0 aliphatic rings. The van der Waals surface area contributed by atoms with Gasteiger partial charge in [0.1, 0.15) is 5.75 Å². The van der Waals surface area contributed by atoms with E-state index in [1.54, 1.807) is 26.0 Å². The molecule has 0 fully saturated rings. The highest BCUT2D eigenvalue weighted by Gasteiger charge is 2.26. The van der Waals surface area contributed by atoms with Gasteiger partial charge in [-0.2, -0.15) is 0 Å². The summed E-state index contributed by atoms with van der Waals surface area (Å²) in [6.45, 7) is 2.91. The van der Waals surface area contributed by atoms with Gasteiger partial charge in [0, 0.05) is 39.7 Å². The molecule has 1 atom stereocenters. The second kappa shape index (κ2) is 15.1. The lowest BCUT2D eigenvalue weighted by Gasteiger charge is -2.30. The first-order valence-electron chi connectivity index (χ1n) is 11.5. The van der Waals surface area contributed by atoms with Gasteiger partial charge in [-0.15, -0.1) is 0 Å². The van der Waals surface area contributed by atoms with Crippen molar-refractivity contribution in [1.82, 2.24) is 4.90 Å². The molecule has 0 aliphatic carbocycles. The van der Waals surface area contributed by atoms with Gasteiger partial charge in [0.15, 0.2) is 17.8 Å². The van der Waals surface area contributed by atoms with Gasteiger partial charge in [-0.3, -0.25) is 0 Å². The molecule has 2 aromatic carbocycles. The van der Waals surface area contributed by atoms with Crippen LogP contribution in [0.4, 0.5) is 4.79 Å². The van der Waals surface area contributed by atoms with Crippen molar-refractivity contribution in [2.45, 2.75) is 25.6 Å². The van der Waals surface area contributed by atoms with Gasteiger partial charge >= 0.3 is 6.09 Å². The third kappa shape index (κ3) is 8.31. The highest BCUT2D eigenvalue weighted by molar-refractivity contribution is 5.68. The van der Waals surface area contributed by atoms with Gasteiger partial charge in [-0.1, -0.05) is 18.2 Å². The van der Waals surface area contributed by atoms with Crippen molar-refractivity contribution in [3.05, 3.63) is 53.6 Å². The third-order valence-electron chi connectivity index (χ3n) is 5.47. The van der Waals surface area contributed by atoms with E-state index in [1.807, 2.05) is 42.5 Å². The zero-order valence-electron chi connectivity index (χ0n) is 21.2. The Morgan fingerprint density at radius 3 is 2.31 bits per heavy atom. The molecule has 9 nitrogen and oxygen atoms in total. The molecular weight excluding hydrogens is 454 g/mol. The summed E-state index contributed by atoms with van der Waals surface area (Å²) in [7, 11) is 6.24. The first-order valence-corrected chi connectivity index (χ1v) is 11.5. The summed E-state index contributed by atoms with van der Waals surface area (Å²) in [6, 6.07) is 13.4. The van der Waals surface area contributed by atoms with Crippen LogP contribution >= 0.6 is 0 Å². The van der Waals surface area contributed by atoms with E-state index in [0.717, 1.165) is 11.1 Å². The maximum Gasteiger partial charge on any atom is 0.409 e. The number of aliphatic hydroxyl groups excluding tert-OH is 1. The number of carbonyl (C=O) groups is 1. The number of carbonyl (C=O) groups excluding carboxylic acids is 1. The van der Waals surface area contributed by atoms with E-state index in [0.29, 0.717) is 36.8 Å². The van der Waals surface area contributed by atoms with Crippen LogP contribution in [0.3, 0.4) is 0 Å². The van der Waals surface area contributed by atoms with Crippen LogP contribution < -0.4 is 14.2 Å². The van der Waals surface area contributed by atoms with Gasteiger partial charge in [-0.05, 0) is 42.3 Å². The van der Waals surface area contributed by atoms with Crippen molar-refractivity contribution in [2.24, 2.45) is 0 Å². The minimum absolute atomic E-state index is 0.0476. The van der Waals surface area contributed by atoms with Crippen molar-refractivity contribution < 1.29 is 38.3 Å². The number of hydrogen-bond acceptors (Lipinski definition) is 8. The van der Waals surface area contributed by atoms with E-state index in [4.69, 9.17) is 33.5 Å². The summed E-state index contributed by atoms with van der Waals surface area (Å²) in [5.74, 6) is 1.60. The fourth-order valence-electron chi connectivity index (χ4n) is 3.61. The number of benzene rings is 2. The van der Waals surface area contributed by atoms with Gasteiger partial charge in [-0.25, -0.2) is 4.79 Å². The fourth-order valence-corrected chi connectivity index (χ4v) is 3.61. The van der Waals surface area contributed by atoms with Gasteiger partial charge in [0.2, 0.25) is 0 Å². The van der Waals surface area contributed by atoms with Crippen molar-refractivity contribution in [3.63, 3.8) is 0 Å². The number of methoxy groups -OCH3 is 4. The monoisotopic (exact) mass is 491 g/mol. The Labute approximate surface area is 207 Å². The van der Waals surface area contributed by atoms with Gasteiger partial charge < -0.3 is 38.4 Å². The van der Waals surface area contributed by atoms with E-state index in [-0.39, 0.29) is 25.7 Å². The molecule has 0 saturated heterocycles. The van der Waals surface area contributed by atoms with Crippen LogP contribution in [0, 0.1) is 0 Å². The molecule has 1 unspecified atom stereocenters. The number of ether oxygens (including phenoxy) is 6. The summed E-state index contributed by atoms with van der Waals surface area (Å²) in [6.07, 6.45) is -0.552. The second-order valence-electron chi connectivity index (χ2n) is 7.67. The second-order valence-corrected chi connectivity index (χ2v) is 7.67. The van der Waals surface area contributed by atoms with Crippen LogP contribution in [-0.4, -0.2) is 83.7 Å². The predicted octanol–water partition coefficient (Wildman–Crippen LogP) is 3.67. The van der Waals surface area contributed by atoms with Crippen molar-refractivity contribution in [2.75, 3.05) is 61.3 Å². The summed E-state index contributed by atoms with van der Waals surface area (Å²) in [4.78, 5) is 14.4. The first-order chi connectivity index (χ1) is 17.0. The molecule has 0 heterocycles. The lowest BCUT2D eigenvalue weighted by molar-refractivity contribution is -0.113. The molecule has 0 aliphatic heterocycles. The fraction of sp³-hybridized carbons (Fsp3) is 0.500. The topological polar surface area (TPSA) is 95.9 Å². The Balaban J connectivity index is 2.48. The smallest absolute Gasteiger partial charge is 0.409 e. The predicted molar refractivity (Wildman–Crippen MR) is 131 cm³/mol.